The third-order valence-electron chi connectivity index (χ3n) is 4.76. The van der Waals surface area contributed by atoms with Gasteiger partial charge in [0.2, 0.25) is 0 Å². The van der Waals surface area contributed by atoms with Crippen LogP contribution in [0.4, 0.5) is 9.70 Å². The molecule has 0 bridgehead atoms. The molecule has 0 atom stereocenters. The van der Waals surface area contributed by atoms with Gasteiger partial charge in [-0.3, -0.25) is 4.98 Å². The second-order valence-electron chi connectivity index (χ2n) is 7.03. The van der Waals surface area contributed by atoms with E-state index in [2.05, 4.69) is 24.6 Å². The molecule has 0 saturated heterocycles. The van der Waals surface area contributed by atoms with Crippen molar-refractivity contribution in [1.29, 1.82) is 0 Å². The number of fused-ring (bicyclic) bond motifs is 1. The van der Waals surface area contributed by atoms with Gasteiger partial charge in [0.1, 0.15) is 5.82 Å². The maximum Gasteiger partial charge on any atom is 0.488 e. The SMILES string of the molecule is COc1ccc(-c2c(C)nn3c(NCc4ccncc4)cc(C)nc23)cc1OS(=O)(=O)F. The highest BCUT2D eigenvalue weighted by Crippen LogP contribution is 2.36. The average molecular weight is 457 g/mol. The van der Waals surface area contributed by atoms with Gasteiger partial charge in [-0.25, -0.2) is 4.98 Å². The Balaban J connectivity index is 1.79. The van der Waals surface area contributed by atoms with E-state index in [1.165, 1.54) is 19.2 Å². The molecule has 3 heterocycles. The summed E-state index contributed by atoms with van der Waals surface area (Å²) in [6.45, 7) is 4.23. The summed E-state index contributed by atoms with van der Waals surface area (Å²) in [4.78, 5) is 8.64. The van der Waals surface area contributed by atoms with Crippen LogP contribution in [-0.2, 0) is 17.0 Å². The molecule has 9 nitrogen and oxygen atoms in total. The number of hydrogen-bond donors (Lipinski definition) is 1. The molecule has 0 saturated carbocycles. The molecule has 0 spiro atoms. The molecule has 0 aliphatic heterocycles. The van der Waals surface area contributed by atoms with E-state index in [0.717, 1.165) is 17.1 Å². The average Bonchev–Trinajstić information content (AvgIpc) is 3.07. The van der Waals surface area contributed by atoms with Gasteiger partial charge in [0.25, 0.3) is 0 Å². The highest BCUT2D eigenvalue weighted by molar-refractivity contribution is 7.81. The van der Waals surface area contributed by atoms with E-state index in [4.69, 9.17) is 4.74 Å². The summed E-state index contributed by atoms with van der Waals surface area (Å²) in [5.41, 5.74) is 4.22. The van der Waals surface area contributed by atoms with Crippen molar-refractivity contribution in [1.82, 2.24) is 19.6 Å². The molecular formula is C21H20FN5O4S. The molecule has 0 aliphatic rings. The Morgan fingerprint density at radius 3 is 2.53 bits per heavy atom. The maximum atomic E-state index is 13.2. The normalized spacial score (nSPS) is 11.5. The van der Waals surface area contributed by atoms with Crippen molar-refractivity contribution in [3.05, 3.63) is 65.7 Å². The lowest BCUT2D eigenvalue weighted by molar-refractivity contribution is 0.381. The minimum absolute atomic E-state index is 0.0768. The second kappa shape index (κ2) is 8.42. The van der Waals surface area contributed by atoms with Gasteiger partial charge in [0.15, 0.2) is 17.1 Å². The number of anilines is 1. The standard InChI is InChI=1S/C21H20FN5O4S/c1-13-10-19(24-12-15-6-8-23-9-7-15)27-21(25-13)20(14(2)26-27)16-4-5-17(30-3)18(11-16)31-32(22,28)29/h4-11,24H,12H2,1-3H3. The van der Waals surface area contributed by atoms with Crippen molar-refractivity contribution in [3.8, 4) is 22.6 Å². The highest BCUT2D eigenvalue weighted by atomic mass is 32.3. The first-order chi connectivity index (χ1) is 15.2. The van der Waals surface area contributed by atoms with Gasteiger partial charge in [-0.2, -0.15) is 18.0 Å². The zero-order chi connectivity index (χ0) is 22.9. The summed E-state index contributed by atoms with van der Waals surface area (Å²) < 4.78 is 46.5. The van der Waals surface area contributed by atoms with E-state index in [-0.39, 0.29) is 11.5 Å². The van der Waals surface area contributed by atoms with Crippen molar-refractivity contribution in [2.45, 2.75) is 20.4 Å². The first-order valence-corrected chi connectivity index (χ1v) is 10.9. The smallest absolute Gasteiger partial charge is 0.488 e. The molecule has 0 unspecified atom stereocenters. The van der Waals surface area contributed by atoms with E-state index < -0.39 is 10.5 Å². The van der Waals surface area contributed by atoms with Crippen molar-refractivity contribution in [2.24, 2.45) is 0 Å². The predicted octanol–water partition coefficient (Wildman–Crippen LogP) is 3.62. The maximum absolute atomic E-state index is 13.2. The van der Waals surface area contributed by atoms with Crippen LogP contribution in [0.3, 0.4) is 0 Å². The number of aromatic nitrogens is 4. The summed E-state index contributed by atoms with van der Waals surface area (Å²) in [5.74, 6) is 0.540. The number of benzene rings is 1. The monoisotopic (exact) mass is 457 g/mol. The molecule has 0 radical (unpaired) electrons. The van der Waals surface area contributed by atoms with Gasteiger partial charge >= 0.3 is 10.5 Å². The van der Waals surface area contributed by atoms with Crippen LogP contribution in [0, 0.1) is 13.8 Å². The first-order valence-electron chi connectivity index (χ1n) is 9.57. The molecule has 0 aliphatic carbocycles. The van der Waals surface area contributed by atoms with Crippen molar-refractivity contribution >= 4 is 22.0 Å². The molecule has 3 aromatic heterocycles. The van der Waals surface area contributed by atoms with Crippen LogP contribution in [-0.4, -0.2) is 35.1 Å². The summed E-state index contributed by atoms with van der Waals surface area (Å²) in [6.07, 6.45) is 3.45. The van der Waals surface area contributed by atoms with E-state index in [1.807, 2.05) is 32.0 Å². The Morgan fingerprint density at radius 1 is 1.09 bits per heavy atom. The molecule has 0 amide bonds. The lowest BCUT2D eigenvalue weighted by Crippen LogP contribution is -2.07. The van der Waals surface area contributed by atoms with Crippen LogP contribution >= 0.6 is 0 Å². The zero-order valence-corrected chi connectivity index (χ0v) is 18.4. The van der Waals surface area contributed by atoms with Crippen molar-refractivity contribution in [2.75, 3.05) is 12.4 Å². The van der Waals surface area contributed by atoms with Crippen LogP contribution in [0.25, 0.3) is 16.8 Å². The number of nitrogens with one attached hydrogen (secondary N) is 1. The van der Waals surface area contributed by atoms with Crippen LogP contribution in [0.5, 0.6) is 11.5 Å². The Morgan fingerprint density at radius 2 is 1.84 bits per heavy atom. The summed E-state index contributed by atoms with van der Waals surface area (Å²) in [5, 5.41) is 7.96. The van der Waals surface area contributed by atoms with Crippen LogP contribution < -0.4 is 14.2 Å². The molecule has 0 fully saturated rings. The fourth-order valence-electron chi connectivity index (χ4n) is 3.41. The van der Waals surface area contributed by atoms with Gasteiger partial charge in [0, 0.05) is 36.3 Å². The number of nitrogens with zero attached hydrogens (tertiary/aromatic N) is 4. The van der Waals surface area contributed by atoms with Crippen molar-refractivity contribution in [3.63, 3.8) is 0 Å². The van der Waals surface area contributed by atoms with Gasteiger partial charge in [-0.1, -0.05) is 9.95 Å². The molecule has 1 N–H and O–H groups in total. The molecule has 4 rings (SSSR count). The molecule has 1 aromatic carbocycles. The number of aryl methyl sites for hydroxylation is 2. The quantitative estimate of drug-likeness (QED) is 0.419. The molecular weight excluding hydrogens is 437 g/mol. The van der Waals surface area contributed by atoms with Crippen LogP contribution in [0.2, 0.25) is 0 Å². The van der Waals surface area contributed by atoms with Crippen molar-refractivity contribution < 1.29 is 21.2 Å². The number of ether oxygens (including phenoxy) is 1. The summed E-state index contributed by atoms with van der Waals surface area (Å²) in [7, 11) is -3.89. The van der Waals surface area contributed by atoms with E-state index >= 15 is 0 Å². The van der Waals surface area contributed by atoms with Gasteiger partial charge in [-0.15, -0.1) is 0 Å². The number of rotatable bonds is 7. The molecule has 11 heteroatoms. The van der Waals surface area contributed by atoms with E-state index in [1.54, 1.807) is 23.0 Å². The van der Waals surface area contributed by atoms with Crippen LogP contribution in [0.1, 0.15) is 17.0 Å². The Bertz CT molecular complexity index is 1390. The highest BCUT2D eigenvalue weighted by Gasteiger charge is 2.20. The minimum atomic E-state index is -5.23. The number of methoxy groups -OCH3 is 1. The van der Waals surface area contributed by atoms with Gasteiger partial charge in [0.05, 0.1) is 12.8 Å². The number of halogens is 1. The third-order valence-corrected chi connectivity index (χ3v) is 5.14. The van der Waals surface area contributed by atoms with Gasteiger partial charge in [-0.05, 0) is 49.2 Å². The fraction of sp³-hybridized carbons (Fsp3) is 0.190. The van der Waals surface area contributed by atoms with Crippen LogP contribution in [0.15, 0.2) is 48.8 Å². The first kappa shape index (κ1) is 21.5. The molecule has 166 valence electrons. The summed E-state index contributed by atoms with van der Waals surface area (Å²) >= 11 is 0. The Hall–Kier alpha value is -3.73. The lowest BCUT2D eigenvalue weighted by atomic mass is 10.1. The topological polar surface area (TPSA) is 108 Å². The lowest BCUT2D eigenvalue weighted by Gasteiger charge is -2.11. The van der Waals surface area contributed by atoms with Gasteiger partial charge < -0.3 is 14.2 Å². The minimum Gasteiger partial charge on any atom is -0.493 e. The molecule has 4 aromatic rings. The number of pyridine rings is 1. The van der Waals surface area contributed by atoms with E-state index in [0.29, 0.717) is 29.0 Å². The number of hydrogen-bond acceptors (Lipinski definition) is 8. The Kier molecular flexibility index (Phi) is 5.66. The third kappa shape index (κ3) is 4.47. The predicted molar refractivity (Wildman–Crippen MR) is 117 cm³/mol. The molecule has 32 heavy (non-hydrogen) atoms. The Labute approximate surface area is 184 Å². The van der Waals surface area contributed by atoms with E-state index in [9.17, 15) is 12.3 Å². The second-order valence-corrected chi connectivity index (χ2v) is 7.98. The largest absolute Gasteiger partial charge is 0.493 e. The fourth-order valence-corrected chi connectivity index (χ4v) is 3.75. The zero-order valence-electron chi connectivity index (χ0n) is 17.5. The summed E-state index contributed by atoms with van der Waals surface area (Å²) in [6, 6.07) is 10.3.